The van der Waals surface area contributed by atoms with Crippen LogP contribution < -0.4 is 0 Å². The third-order valence-electron chi connectivity index (χ3n) is 5.75. The van der Waals surface area contributed by atoms with E-state index in [1.807, 2.05) is 0 Å². The highest BCUT2D eigenvalue weighted by molar-refractivity contribution is 7.81. The Morgan fingerprint density at radius 3 is 2.15 bits per heavy atom. The molecule has 3 saturated heterocycles. The van der Waals surface area contributed by atoms with E-state index in [0.29, 0.717) is 6.42 Å². The van der Waals surface area contributed by atoms with Crippen LogP contribution in [0.4, 0.5) is 0 Å². The lowest BCUT2D eigenvalue weighted by atomic mass is 9.85. The molecular formula is C17H30O15S2. The molecule has 0 saturated carbocycles. The van der Waals surface area contributed by atoms with Gasteiger partial charge in [-0.15, -0.1) is 0 Å². The Balaban J connectivity index is 1.82. The molecule has 3 heterocycles. The number of hydrogen-bond acceptors (Lipinski definition) is 13. The molecule has 0 spiro atoms. The Bertz CT molecular complexity index is 879. The molecule has 0 aliphatic carbocycles. The summed E-state index contributed by atoms with van der Waals surface area (Å²) in [7, 11) is -9.85. The molecule has 4 unspecified atom stereocenters. The molecule has 200 valence electrons. The number of hydrogen-bond donors (Lipinski definition) is 4. The van der Waals surface area contributed by atoms with E-state index in [1.165, 1.54) is 0 Å². The first-order valence-electron chi connectivity index (χ1n) is 10.7. The Kier molecular flexibility index (Phi) is 9.27. The van der Waals surface area contributed by atoms with E-state index in [-0.39, 0.29) is 19.6 Å². The highest BCUT2D eigenvalue weighted by Crippen LogP contribution is 2.39. The second-order valence-corrected chi connectivity index (χ2v) is 10.1. The van der Waals surface area contributed by atoms with Crippen LogP contribution in [0.2, 0.25) is 0 Å². The number of rotatable bonds is 11. The van der Waals surface area contributed by atoms with Gasteiger partial charge in [-0.05, 0) is 13.3 Å². The summed E-state index contributed by atoms with van der Waals surface area (Å²) < 4.78 is 101. The van der Waals surface area contributed by atoms with E-state index < -0.39 is 88.6 Å². The SMILES string of the molecule is CCC[C@@H]1C(O)[C@H](O[C@H]2C3COC2[C@H](OS(=O)(=O)O)[C@@H](OCC)O3)OC(CO)[C@@H]1OS(=O)(=O)O. The summed E-state index contributed by atoms with van der Waals surface area (Å²) in [5.74, 6) is -0.924. The van der Waals surface area contributed by atoms with Crippen LogP contribution in [0.1, 0.15) is 26.7 Å². The van der Waals surface area contributed by atoms with E-state index in [4.69, 9.17) is 32.4 Å². The van der Waals surface area contributed by atoms with E-state index in [9.17, 15) is 31.6 Å². The van der Waals surface area contributed by atoms with Crippen molar-refractivity contribution < 1.29 is 68.2 Å². The van der Waals surface area contributed by atoms with E-state index in [1.54, 1.807) is 13.8 Å². The van der Waals surface area contributed by atoms with Gasteiger partial charge < -0.3 is 33.9 Å². The van der Waals surface area contributed by atoms with Crippen LogP contribution in [0.15, 0.2) is 0 Å². The van der Waals surface area contributed by atoms with Crippen molar-refractivity contribution in [2.24, 2.45) is 5.92 Å². The zero-order valence-electron chi connectivity index (χ0n) is 18.4. The van der Waals surface area contributed by atoms with Gasteiger partial charge in [0, 0.05) is 12.5 Å². The van der Waals surface area contributed by atoms with Crippen LogP contribution >= 0.6 is 0 Å². The fourth-order valence-corrected chi connectivity index (χ4v) is 5.50. The van der Waals surface area contributed by atoms with Gasteiger partial charge >= 0.3 is 20.8 Å². The molecular weight excluding hydrogens is 508 g/mol. The largest absolute Gasteiger partial charge is 0.397 e. The van der Waals surface area contributed by atoms with Gasteiger partial charge in [0.25, 0.3) is 0 Å². The first kappa shape index (κ1) is 28.0. The number of aliphatic hydroxyl groups excluding tert-OH is 2. The topological polar surface area (TPSA) is 214 Å². The van der Waals surface area contributed by atoms with Crippen molar-refractivity contribution in [3.63, 3.8) is 0 Å². The zero-order valence-corrected chi connectivity index (χ0v) is 20.0. The summed E-state index contributed by atoms with van der Waals surface area (Å²) in [6.45, 7) is 2.77. The van der Waals surface area contributed by atoms with Crippen molar-refractivity contribution >= 4 is 20.8 Å². The molecule has 0 amide bonds. The maximum atomic E-state index is 11.4. The van der Waals surface area contributed by atoms with Gasteiger partial charge in [0.15, 0.2) is 18.7 Å². The predicted octanol–water partition coefficient (Wildman–Crippen LogP) is -1.60. The first-order valence-corrected chi connectivity index (χ1v) is 13.4. The molecule has 0 aromatic heterocycles. The molecule has 10 atom stereocenters. The smallest absolute Gasteiger partial charge is 0.394 e. The van der Waals surface area contributed by atoms with Crippen LogP contribution in [0.25, 0.3) is 0 Å². The zero-order chi connectivity index (χ0) is 25.3. The van der Waals surface area contributed by atoms with Crippen LogP contribution in [0, 0.1) is 5.92 Å². The summed E-state index contributed by atoms with van der Waals surface area (Å²) in [5, 5.41) is 20.6. The molecule has 3 aliphatic rings. The van der Waals surface area contributed by atoms with Gasteiger partial charge in [0.2, 0.25) is 0 Å². The molecule has 34 heavy (non-hydrogen) atoms. The van der Waals surface area contributed by atoms with E-state index in [2.05, 4.69) is 4.18 Å². The average molecular weight is 539 g/mol. The van der Waals surface area contributed by atoms with Gasteiger partial charge in [0.1, 0.15) is 36.6 Å². The van der Waals surface area contributed by atoms with Crippen molar-refractivity contribution in [2.45, 2.75) is 82.0 Å². The molecule has 3 aliphatic heterocycles. The predicted molar refractivity (Wildman–Crippen MR) is 108 cm³/mol. The summed E-state index contributed by atoms with van der Waals surface area (Å²) in [5.41, 5.74) is 0. The van der Waals surface area contributed by atoms with Crippen LogP contribution in [0.5, 0.6) is 0 Å². The van der Waals surface area contributed by atoms with Crippen LogP contribution in [0.3, 0.4) is 0 Å². The highest BCUT2D eigenvalue weighted by atomic mass is 32.3. The molecule has 17 heteroatoms. The Labute approximate surface area is 197 Å². The van der Waals surface area contributed by atoms with E-state index in [0.717, 1.165) is 0 Å². The third-order valence-corrected chi connectivity index (χ3v) is 6.68. The quantitative estimate of drug-likeness (QED) is 0.218. The standard InChI is InChI=1S/C17H30O15S2/c1-3-5-8-11(19)16(28-9(6-18)12(8)31-33(20,21)22)30-13-10-7-27-14(13)15(32-34(23,24)25)17(29-10)26-4-2/h8-19H,3-7H2,1-2H3,(H,20,21,22)(H,23,24,25)/t8-,9?,10?,11?,12-,13+,14?,15+,16+,17+/m1/s1. The maximum Gasteiger partial charge on any atom is 0.397 e. The van der Waals surface area contributed by atoms with Crippen LogP contribution in [-0.4, -0.2) is 111 Å². The molecule has 4 N–H and O–H groups in total. The minimum atomic E-state index is -4.93. The van der Waals surface area contributed by atoms with Crippen molar-refractivity contribution in [1.82, 2.24) is 0 Å². The molecule has 2 bridgehead atoms. The summed E-state index contributed by atoms with van der Waals surface area (Å²) in [4.78, 5) is 0. The minimum absolute atomic E-state index is 0.0522. The van der Waals surface area contributed by atoms with Gasteiger partial charge in [-0.2, -0.15) is 16.8 Å². The molecule has 0 aromatic carbocycles. The molecule has 3 fully saturated rings. The maximum absolute atomic E-state index is 11.4. The Morgan fingerprint density at radius 1 is 0.941 bits per heavy atom. The van der Waals surface area contributed by atoms with Crippen molar-refractivity contribution in [3.8, 4) is 0 Å². The number of fused-ring (bicyclic) bond motifs is 2. The summed E-state index contributed by atoms with van der Waals surface area (Å²) >= 11 is 0. The lowest BCUT2D eigenvalue weighted by Crippen LogP contribution is -2.61. The van der Waals surface area contributed by atoms with Crippen LogP contribution in [-0.2, 0) is 52.8 Å². The molecule has 15 nitrogen and oxygen atoms in total. The van der Waals surface area contributed by atoms with Crippen molar-refractivity contribution in [1.29, 1.82) is 0 Å². The van der Waals surface area contributed by atoms with Crippen molar-refractivity contribution in [3.05, 3.63) is 0 Å². The fraction of sp³-hybridized carbons (Fsp3) is 1.00. The fourth-order valence-electron chi connectivity index (χ4n) is 4.47. The second-order valence-electron chi connectivity index (χ2n) is 8.04. The second kappa shape index (κ2) is 11.2. The normalized spacial score (nSPS) is 41.0. The summed E-state index contributed by atoms with van der Waals surface area (Å²) in [6.07, 6.45) is -10.5. The summed E-state index contributed by atoms with van der Waals surface area (Å²) in [6, 6.07) is 0. The number of aliphatic hydroxyl groups is 2. The number of ether oxygens (including phenoxy) is 5. The third kappa shape index (κ3) is 6.61. The molecule has 0 aromatic rings. The van der Waals surface area contributed by atoms with Gasteiger partial charge in [0.05, 0.1) is 13.2 Å². The molecule has 0 radical (unpaired) electrons. The van der Waals surface area contributed by atoms with Crippen molar-refractivity contribution in [2.75, 3.05) is 19.8 Å². The Morgan fingerprint density at radius 2 is 1.59 bits per heavy atom. The highest BCUT2D eigenvalue weighted by Gasteiger charge is 2.57. The van der Waals surface area contributed by atoms with E-state index >= 15 is 0 Å². The first-order chi connectivity index (χ1) is 15.9. The van der Waals surface area contributed by atoms with Gasteiger partial charge in [-0.3, -0.25) is 9.11 Å². The van der Waals surface area contributed by atoms with Gasteiger partial charge in [-0.1, -0.05) is 13.3 Å². The molecule has 3 rings (SSSR count). The minimum Gasteiger partial charge on any atom is -0.394 e. The average Bonchev–Trinajstić information content (AvgIpc) is 3.02. The Hall–Kier alpha value is -0.540. The van der Waals surface area contributed by atoms with Gasteiger partial charge in [-0.25, -0.2) is 8.37 Å². The monoisotopic (exact) mass is 538 g/mol. The lowest BCUT2D eigenvalue weighted by Gasteiger charge is -2.46. The lowest BCUT2D eigenvalue weighted by molar-refractivity contribution is -0.331.